The van der Waals surface area contributed by atoms with Gasteiger partial charge in [0, 0.05) is 16.7 Å². The monoisotopic (exact) mass is 441 g/mol. The van der Waals surface area contributed by atoms with Crippen molar-refractivity contribution in [3.8, 4) is 0 Å². The van der Waals surface area contributed by atoms with Gasteiger partial charge in [-0.1, -0.05) is 29.8 Å². The van der Waals surface area contributed by atoms with Crippen LogP contribution in [-0.4, -0.2) is 23.8 Å². The van der Waals surface area contributed by atoms with Gasteiger partial charge in [0.2, 0.25) is 0 Å². The van der Waals surface area contributed by atoms with E-state index < -0.39 is 29.6 Å². The van der Waals surface area contributed by atoms with E-state index in [9.17, 15) is 23.6 Å². The average Bonchev–Trinajstić information content (AvgIpc) is 3.01. The maximum Gasteiger partial charge on any atom is 0.326 e. The van der Waals surface area contributed by atoms with E-state index in [0.29, 0.717) is 24.0 Å². The lowest BCUT2D eigenvalue weighted by Gasteiger charge is -2.18. The van der Waals surface area contributed by atoms with E-state index in [-0.39, 0.29) is 22.0 Å². The van der Waals surface area contributed by atoms with Crippen LogP contribution in [0.1, 0.15) is 36.0 Å². The van der Waals surface area contributed by atoms with Crippen molar-refractivity contribution in [1.82, 2.24) is 5.32 Å². The van der Waals surface area contributed by atoms with E-state index >= 15 is 0 Å². The highest BCUT2D eigenvalue weighted by Gasteiger charge is 2.41. The zero-order valence-electron chi connectivity index (χ0n) is 16.2. The summed E-state index contributed by atoms with van der Waals surface area (Å²) in [7, 11) is 0. The first-order chi connectivity index (χ1) is 14.9. The van der Waals surface area contributed by atoms with Crippen molar-refractivity contribution in [2.24, 2.45) is 0 Å². The third-order valence-electron chi connectivity index (χ3n) is 5.18. The lowest BCUT2D eigenvalue weighted by Crippen LogP contribution is -2.35. The number of carbonyl (C=O) groups is 4. The minimum Gasteiger partial charge on any atom is -0.306 e. The summed E-state index contributed by atoms with van der Waals surface area (Å²) < 4.78 is 14.6. The molecule has 2 N–H and O–H groups in total. The molecular formula is C22H17ClFN3O4. The van der Waals surface area contributed by atoms with Gasteiger partial charge in [-0.15, -0.1) is 0 Å². The Morgan fingerprint density at radius 3 is 2.19 bits per heavy atom. The quantitative estimate of drug-likeness (QED) is 0.698. The molecule has 0 unspecified atom stereocenters. The number of nitrogens with zero attached hydrogens (tertiary/aromatic N) is 1. The third-order valence-corrected chi connectivity index (χ3v) is 5.49. The van der Waals surface area contributed by atoms with Gasteiger partial charge in [-0.25, -0.2) is 14.1 Å². The topological polar surface area (TPSA) is 95.6 Å². The smallest absolute Gasteiger partial charge is 0.306 e. The van der Waals surface area contributed by atoms with Gasteiger partial charge in [0.25, 0.3) is 17.7 Å². The van der Waals surface area contributed by atoms with Crippen molar-refractivity contribution in [3.63, 3.8) is 0 Å². The van der Waals surface area contributed by atoms with Crippen LogP contribution < -0.4 is 15.5 Å². The van der Waals surface area contributed by atoms with Crippen molar-refractivity contribution < 1.29 is 23.6 Å². The van der Waals surface area contributed by atoms with Crippen molar-refractivity contribution in [3.05, 3.63) is 70.0 Å². The van der Waals surface area contributed by atoms with Crippen molar-refractivity contribution in [1.29, 1.82) is 0 Å². The largest absolute Gasteiger partial charge is 0.326 e. The molecule has 2 aromatic carbocycles. The Kier molecular flexibility index (Phi) is 5.56. The lowest BCUT2D eigenvalue weighted by atomic mass is 9.93. The number of halogens is 2. The number of amides is 5. The highest BCUT2D eigenvalue weighted by atomic mass is 35.5. The molecule has 0 radical (unpaired) electrons. The molecule has 4 rings (SSSR count). The second kappa shape index (κ2) is 8.31. The Hall–Kier alpha value is -3.52. The lowest BCUT2D eigenvalue weighted by molar-refractivity contribution is -0.120. The Balaban J connectivity index is 1.56. The molecule has 31 heavy (non-hydrogen) atoms. The van der Waals surface area contributed by atoms with Crippen LogP contribution in [0.3, 0.4) is 0 Å². The van der Waals surface area contributed by atoms with E-state index in [1.54, 1.807) is 18.2 Å². The molecule has 0 atom stereocenters. The van der Waals surface area contributed by atoms with Crippen molar-refractivity contribution >= 4 is 46.7 Å². The Labute approximate surface area is 181 Å². The predicted octanol–water partition coefficient (Wildman–Crippen LogP) is 4.18. The fourth-order valence-electron chi connectivity index (χ4n) is 3.68. The molecule has 2 aromatic rings. The molecule has 2 aliphatic rings. The van der Waals surface area contributed by atoms with E-state index in [1.165, 1.54) is 12.1 Å². The molecule has 1 aliphatic carbocycles. The van der Waals surface area contributed by atoms with Crippen molar-refractivity contribution in [2.75, 3.05) is 10.2 Å². The Bertz CT molecular complexity index is 1120. The number of hydrogen-bond donors (Lipinski definition) is 2. The van der Waals surface area contributed by atoms with Gasteiger partial charge < -0.3 is 5.32 Å². The molecule has 158 valence electrons. The van der Waals surface area contributed by atoms with E-state index in [1.807, 2.05) is 0 Å². The zero-order chi connectivity index (χ0) is 22.1. The number of benzene rings is 2. The molecule has 0 spiro atoms. The molecule has 5 amide bonds. The highest BCUT2D eigenvalue weighted by molar-refractivity contribution is 6.35. The first-order valence-electron chi connectivity index (χ1n) is 9.64. The number of anilines is 2. The van der Waals surface area contributed by atoms with Crippen LogP contribution in [0.5, 0.6) is 0 Å². The molecule has 7 nitrogen and oxygen atoms in total. The minimum absolute atomic E-state index is 0.0538. The Morgan fingerprint density at radius 1 is 0.968 bits per heavy atom. The summed E-state index contributed by atoms with van der Waals surface area (Å²) in [5, 5.41) is 4.35. The van der Waals surface area contributed by atoms with Crippen LogP contribution in [0.15, 0.2) is 53.6 Å². The van der Waals surface area contributed by atoms with E-state index in [2.05, 4.69) is 10.6 Å². The molecule has 0 bridgehead atoms. The van der Waals surface area contributed by atoms with Gasteiger partial charge >= 0.3 is 6.03 Å². The standard InChI is InChI=1S/C22H17ClFN3O4/c23-15-10-16(24)18(27-20(29)13-8-4-5-9-14(13)21(27)30)11-17(15)25-22(31)26-19(28)12-6-2-1-3-7-12/h1-3,6-7,10-11H,4-5,8-9H2,(H2,25,26,28,31). The maximum absolute atomic E-state index is 14.6. The second-order valence-corrected chi connectivity index (χ2v) is 7.57. The fraction of sp³-hybridized carbons (Fsp3) is 0.182. The van der Waals surface area contributed by atoms with Gasteiger partial charge in [-0.2, -0.15) is 0 Å². The van der Waals surface area contributed by atoms with Crippen LogP contribution in [0.4, 0.5) is 20.6 Å². The number of hydrogen-bond acceptors (Lipinski definition) is 4. The predicted molar refractivity (Wildman–Crippen MR) is 112 cm³/mol. The molecule has 0 saturated carbocycles. The summed E-state index contributed by atoms with van der Waals surface area (Å²) in [5.41, 5.74) is 0.728. The van der Waals surface area contributed by atoms with Crippen LogP contribution in [-0.2, 0) is 9.59 Å². The van der Waals surface area contributed by atoms with Crippen LogP contribution in [0.25, 0.3) is 0 Å². The minimum atomic E-state index is -0.898. The van der Waals surface area contributed by atoms with Gasteiger partial charge in [-0.05, 0) is 49.9 Å². The summed E-state index contributed by atoms with van der Waals surface area (Å²) in [6, 6.07) is 9.20. The summed E-state index contributed by atoms with van der Waals surface area (Å²) >= 11 is 6.03. The van der Waals surface area contributed by atoms with Crippen molar-refractivity contribution in [2.45, 2.75) is 25.7 Å². The molecule has 9 heteroatoms. The average molecular weight is 442 g/mol. The number of carbonyl (C=O) groups excluding carboxylic acids is 4. The van der Waals surface area contributed by atoms with Crippen LogP contribution in [0, 0.1) is 5.82 Å². The second-order valence-electron chi connectivity index (χ2n) is 7.17. The number of imide groups is 2. The SMILES string of the molecule is O=C(NC(=O)c1ccccc1)Nc1cc(N2C(=O)C3=C(CCCC3)C2=O)c(F)cc1Cl. The van der Waals surface area contributed by atoms with E-state index in [0.717, 1.165) is 29.9 Å². The molecule has 1 heterocycles. The molecular weight excluding hydrogens is 425 g/mol. The molecule has 0 saturated heterocycles. The van der Waals surface area contributed by atoms with Crippen LogP contribution >= 0.6 is 11.6 Å². The fourth-order valence-corrected chi connectivity index (χ4v) is 3.88. The van der Waals surface area contributed by atoms with Gasteiger partial charge in [0.1, 0.15) is 5.82 Å². The first kappa shape index (κ1) is 20.7. The van der Waals surface area contributed by atoms with Crippen LogP contribution in [0.2, 0.25) is 5.02 Å². The Morgan fingerprint density at radius 2 is 1.58 bits per heavy atom. The number of nitrogens with one attached hydrogen (secondary N) is 2. The number of rotatable bonds is 3. The first-order valence-corrected chi connectivity index (χ1v) is 10.0. The van der Waals surface area contributed by atoms with Gasteiger partial charge in [0.15, 0.2) is 0 Å². The van der Waals surface area contributed by atoms with Gasteiger partial charge in [-0.3, -0.25) is 19.7 Å². The highest BCUT2D eigenvalue weighted by Crippen LogP contribution is 2.38. The maximum atomic E-state index is 14.6. The molecule has 0 fully saturated rings. The third kappa shape index (κ3) is 3.94. The summed E-state index contributed by atoms with van der Waals surface area (Å²) in [6.45, 7) is 0. The normalized spacial score (nSPS) is 15.7. The molecule has 0 aromatic heterocycles. The van der Waals surface area contributed by atoms with Gasteiger partial charge in [0.05, 0.1) is 16.4 Å². The summed E-state index contributed by atoms with van der Waals surface area (Å²) in [4.78, 5) is 50.6. The number of urea groups is 1. The summed E-state index contributed by atoms with van der Waals surface area (Å²) in [6.07, 6.45) is 2.52. The summed E-state index contributed by atoms with van der Waals surface area (Å²) in [5.74, 6) is -2.64. The van der Waals surface area contributed by atoms with E-state index in [4.69, 9.17) is 11.6 Å². The zero-order valence-corrected chi connectivity index (χ0v) is 17.0. The molecule has 1 aliphatic heterocycles.